The van der Waals surface area contributed by atoms with Crippen molar-refractivity contribution in [2.75, 3.05) is 11.9 Å². The van der Waals surface area contributed by atoms with Gasteiger partial charge in [-0.1, -0.05) is 0 Å². The summed E-state index contributed by atoms with van der Waals surface area (Å²) in [5.74, 6) is 0.353. The minimum absolute atomic E-state index is 0.00160. The van der Waals surface area contributed by atoms with Crippen LogP contribution in [0.2, 0.25) is 0 Å². The number of ether oxygens (including phenoxy) is 1. The first-order valence-corrected chi connectivity index (χ1v) is 9.29. The van der Waals surface area contributed by atoms with Crippen molar-refractivity contribution in [3.8, 4) is 11.4 Å². The van der Waals surface area contributed by atoms with Gasteiger partial charge in [-0.2, -0.15) is 13.2 Å². The predicted molar refractivity (Wildman–Crippen MR) is 99.5 cm³/mol. The zero-order chi connectivity index (χ0) is 21.3. The number of rotatable bonds is 4. The fourth-order valence-electron chi connectivity index (χ4n) is 3.28. The number of imidazole rings is 1. The number of pyridine rings is 1. The highest BCUT2D eigenvalue weighted by atomic mass is 19.4. The van der Waals surface area contributed by atoms with Crippen LogP contribution in [0, 0.1) is 5.82 Å². The summed E-state index contributed by atoms with van der Waals surface area (Å²) in [7, 11) is 0. The Labute approximate surface area is 169 Å². The number of aromatic amines is 1. The molecule has 7 nitrogen and oxygen atoms in total. The zero-order valence-corrected chi connectivity index (χ0v) is 15.9. The van der Waals surface area contributed by atoms with E-state index in [1.165, 1.54) is 6.20 Å². The molecule has 4 heterocycles. The maximum absolute atomic E-state index is 14.3. The number of halogens is 4. The lowest BCUT2D eigenvalue weighted by atomic mass is 9.96. The molecule has 3 aromatic heterocycles. The summed E-state index contributed by atoms with van der Waals surface area (Å²) in [5.41, 5.74) is -0.494. The molecule has 0 aliphatic carbocycles. The number of H-pyrrole nitrogens is 1. The molecule has 2 N–H and O–H groups in total. The van der Waals surface area contributed by atoms with Crippen molar-refractivity contribution in [1.29, 1.82) is 0 Å². The van der Waals surface area contributed by atoms with Crippen molar-refractivity contribution in [3.05, 3.63) is 47.9 Å². The van der Waals surface area contributed by atoms with Gasteiger partial charge in [0.15, 0.2) is 5.82 Å². The van der Waals surface area contributed by atoms with Crippen molar-refractivity contribution < 1.29 is 22.3 Å². The van der Waals surface area contributed by atoms with Gasteiger partial charge in [-0.15, -0.1) is 0 Å². The van der Waals surface area contributed by atoms with Gasteiger partial charge in [0.05, 0.1) is 29.8 Å². The normalized spacial score (nSPS) is 19.6. The van der Waals surface area contributed by atoms with E-state index in [9.17, 15) is 17.6 Å². The number of nitrogens with zero attached hydrogens (tertiary/aromatic N) is 4. The molecule has 0 bridgehead atoms. The van der Waals surface area contributed by atoms with E-state index < -0.39 is 17.6 Å². The number of hydrogen-bond donors (Lipinski definition) is 2. The molecule has 0 amide bonds. The van der Waals surface area contributed by atoms with E-state index in [1.807, 2.05) is 6.92 Å². The van der Waals surface area contributed by atoms with Crippen LogP contribution >= 0.6 is 0 Å². The summed E-state index contributed by atoms with van der Waals surface area (Å²) in [4.78, 5) is 19.1. The van der Waals surface area contributed by atoms with E-state index in [0.717, 1.165) is 37.0 Å². The maximum atomic E-state index is 14.3. The number of aromatic nitrogens is 5. The highest BCUT2D eigenvalue weighted by Gasteiger charge is 2.30. The first-order chi connectivity index (χ1) is 14.3. The van der Waals surface area contributed by atoms with Gasteiger partial charge < -0.3 is 15.0 Å². The Hall–Kier alpha value is -3.08. The van der Waals surface area contributed by atoms with E-state index in [4.69, 9.17) is 4.74 Å². The smallest absolute Gasteiger partial charge is 0.378 e. The molecule has 4 rings (SSSR count). The molecule has 1 aliphatic heterocycles. The summed E-state index contributed by atoms with van der Waals surface area (Å²) in [5, 5.41) is 2.68. The van der Waals surface area contributed by atoms with Crippen LogP contribution in [0.3, 0.4) is 0 Å². The lowest BCUT2D eigenvalue weighted by Gasteiger charge is -2.25. The van der Waals surface area contributed by atoms with Gasteiger partial charge in [-0.25, -0.2) is 24.3 Å². The van der Waals surface area contributed by atoms with E-state index >= 15 is 0 Å². The van der Waals surface area contributed by atoms with Gasteiger partial charge in [0.2, 0.25) is 5.95 Å². The quantitative estimate of drug-likeness (QED) is 0.604. The average Bonchev–Trinajstić information content (AvgIpc) is 3.19. The Kier molecular flexibility index (Phi) is 5.37. The summed E-state index contributed by atoms with van der Waals surface area (Å²) >= 11 is 0. The maximum Gasteiger partial charge on any atom is 0.417 e. The van der Waals surface area contributed by atoms with Crippen LogP contribution in [0.15, 0.2) is 30.7 Å². The molecule has 1 aliphatic rings. The molecule has 0 spiro atoms. The highest BCUT2D eigenvalue weighted by molar-refractivity contribution is 5.58. The third-order valence-electron chi connectivity index (χ3n) is 4.80. The van der Waals surface area contributed by atoms with E-state index in [0.29, 0.717) is 18.5 Å². The second-order valence-electron chi connectivity index (χ2n) is 7.03. The van der Waals surface area contributed by atoms with Gasteiger partial charge in [-0.05, 0) is 31.9 Å². The van der Waals surface area contributed by atoms with Gasteiger partial charge in [0.1, 0.15) is 17.3 Å². The average molecular weight is 422 g/mol. The molecule has 0 saturated carbocycles. The standard InChI is InChI=1S/C19H18F4N6O/c1-10-6-11(4-5-30-10)17-25-9-14(27-17)16-13(20)8-26-18(29-16)28-15-3-2-12(7-24-15)19(21,22)23/h2-3,7-11H,4-6H2,1H3,(H,25,27)(H,24,26,28,29). The Morgan fingerprint density at radius 2 is 1.97 bits per heavy atom. The Balaban J connectivity index is 1.54. The van der Waals surface area contributed by atoms with Crippen LogP contribution in [0.1, 0.15) is 37.1 Å². The molecule has 158 valence electrons. The monoisotopic (exact) mass is 422 g/mol. The molecule has 2 unspecified atom stereocenters. The number of anilines is 2. The summed E-state index contributed by atoms with van der Waals surface area (Å²) < 4.78 is 57.8. The Bertz CT molecular complexity index is 1020. The highest BCUT2D eigenvalue weighted by Crippen LogP contribution is 2.31. The molecule has 2 atom stereocenters. The molecular weight excluding hydrogens is 404 g/mol. The third kappa shape index (κ3) is 4.40. The van der Waals surface area contributed by atoms with Gasteiger partial charge in [0, 0.05) is 18.7 Å². The molecule has 30 heavy (non-hydrogen) atoms. The van der Waals surface area contributed by atoms with Gasteiger partial charge in [-0.3, -0.25) is 0 Å². The van der Waals surface area contributed by atoms with Crippen molar-refractivity contribution >= 4 is 11.8 Å². The SMILES string of the molecule is CC1CC(c2ncc(-c3nc(Nc4ccc(C(F)(F)F)cn4)ncc3F)[nH]2)CCO1. The summed E-state index contributed by atoms with van der Waals surface area (Å²) in [6.45, 7) is 2.63. The first kappa shape index (κ1) is 20.2. The predicted octanol–water partition coefficient (Wildman–Crippen LogP) is 4.45. The summed E-state index contributed by atoms with van der Waals surface area (Å²) in [6.07, 6.45) is 0.447. The Morgan fingerprint density at radius 3 is 2.67 bits per heavy atom. The van der Waals surface area contributed by atoms with E-state index in [-0.39, 0.29) is 29.5 Å². The van der Waals surface area contributed by atoms with Crippen LogP contribution in [0.4, 0.5) is 29.3 Å². The number of nitrogens with one attached hydrogen (secondary N) is 2. The topological polar surface area (TPSA) is 88.6 Å². The van der Waals surface area contributed by atoms with Crippen molar-refractivity contribution in [2.24, 2.45) is 0 Å². The third-order valence-corrected chi connectivity index (χ3v) is 4.80. The lowest BCUT2D eigenvalue weighted by molar-refractivity contribution is -0.137. The van der Waals surface area contributed by atoms with E-state index in [1.54, 1.807) is 0 Å². The molecule has 0 radical (unpaired) electrons. The molecular formula is C19H18F4N6O. The molecule has 1 fully saturated rings. The molecule has 1 saturated heterocycles. The van der Waals surface area contributed by atoms with Crippen molar-refractivity contribution in [2.45, 2.75) is 38.0 Å². The van der Waals surface area contributed by atoms with Crippen LogP contribution < -0.4 is 5.32 Å². The number of alkyl halides is 3. The fraction of sp³-hybridized carbons (Fsp3) is 0.368. The summed E-state index contributed by atoms with van der Waals surface area (Å²) in [6, 6.07) is 2.03. The lowest BCUT2D eigenvalue weighted by Crippen LogP contribution is -2.22. The van der Waals surface area contributed by atoms with Crippen LogP contribution in [-0.4, -0.2) is 37.6 Å². The molecule has 11 heteroatoms. The Morgan fingerprint density at radius 1 is 1.13 bits per heavy atom. The largest absolute Gasteiger partial charge is 0.417 e. The van der Waals surface area contributed by atoms with Crippen molar-refractivity contribution in [3.63, 3.8) is 0 Å². The molecule has 0 aromatic carbocycles. The minimum atomic E-state index is -4.48. The van der Waals surface area contributed by atoms with E-state index in [2.05, 4.69) is 30.2 Å². The zero-order valence-electron chi connectivity index (χ0n) is 15.9. The fourth-order valence-corrected chi connectivity index (χ4v) is 3.28. The van der Waals surface area contributed by atoms with Crippen LogP contribution in [0.25, 0.3) is 11.4 Å². The second kappa shape index (κ2) is 7.98. The second-order valence-corrected chi connectivity index (χ2v) is 7.03. The minimum Gasteiger partial charge on any atom is -0.378 e. The van der Waals surface area contributed by atoms with Gasteiger partial charge >= 0.3 is 6.18 Å². The first-order valence-electron chi connectivity index (χ1n) is 9.29. The van der Waals surface area contributed by atoms with Crippen LogP contribution in [0.5, 0.6) is 0 Å². The molecule has 3 aromatic rings. The number of hydrogen-bond acceptors (Lipinski definition) is 6. The van der Waals surface area contributed by atoms with Gasteiger partial charge in [0.25, 0.3) is 0 Å². The van der Waals surface area contributed by atoms with Crippen LogP contribution in [-0.2, 0) is 10.9 Å². The van der Waals surface area contributed by atoms with Crippen molar-refractivity contribution in [1.82, 2.24) is 24.9 Å².